The van der Waals surface area contributed by atoms with E-state index in [9.17, 15) is 14.7 Å². The minimum Gasteiger partial charge on any atom is -0.507 e. The van der Waals surface area contributed by atoms with Gasteiger partial charge in [-0.2, -0.15) is 0 Å². The van der Waals surface area contributed by atoms with Crippen LogP contribution in [0.1, 0.15) is 17.2 Å². The van der Waals surface area contributed by atoms with Crippen LogP contribution >= 0.6 is 15.9 Å². The molecule has 5 heteroatoms. The van der Waals surface area contributed by atoms with Gasteiger partial charge >= 0.3 is 0 Å². The summed E-state index contributed by atoms with van der Waals surface area (Å²) in [6.07, 6.45) is 0. The predicted octanol–water partition coefficient (Wildman–Crippen LogP) is 3.50. The molecule has 2 aromatic rings. The molecule has 0 unspecified atom stereocenters. The number of Topliss-reactive ketones (excluding diaryl/α,β-unsaturated/α-hetero) is 1. The predicted molar refractivity (Wildman–Crippen MR) is 95.7 cm³/mol. The van der Waals surface area contributed by atoms with Gasteiger partial charge in [-0.05, 0) is 5.56 Å². The van der Waals surface area contributed by atoms with Crippen molar-refractivity contribution in [1.82, 2.24) is 4.90 Å². The van der Waals surface area contributed by atoms with Gasteiger partial charge in [-0.25, -0.2) is 0 Å². The Bertz CT molecular complexity index is 787. The Morgan fingerprint density at radius 1 is 1.00 bits per heavy atom. The lowest BCUT2D eigenvalue weighted by Crippen LogP contribution is -2.31. The highest BCUT2D eigenvalue weighted by molar-refractivity contribution is 9.09. The van der Waals surface area contributed by atoms with Gasteiger partial charge in [-0.1, -0.05) is 76.6 Å². The number of hydrogen-bond donors (Lipinski definition) is 1. The van der Waals surface area contributed by atoms with Crippen molar-refractivity contribution >= 4 is 33.4 Å². The number of nitrogens with zero attached hydrogens (tertiary/aromatic N) is 1. The first kappa shape index (κ1) is 16.5. The number of carbonyl (C=O) groups excluding carboxylic acids is 2. The number of halogens is 1. The van der Waals surface area contributed by atoms with Gasteiger partial charge in [0.05, 0.1) is 11.6 Å². The fraction of sp³-hybridized carbons (Fsp3) is 0.158. The van der Waals surface area contributed by atoms with Crippen LogP contribution in [0.4, 0.5) is 0 Å². The molecule has 1 amide bonds. The van der Waals surface area contributed by atoms with E-state index < -0.39 is 17.7 Å². The molecule has 2 aromatic carbocycles. The normalized spacial score (nSPS) is 19.7. The van der Waals surface area contributed by atoms with Crippen molar-refractivity contribution in [1.29, 1.82) is 0 Å². The van der Waals surface area contributed by atoms with Crippen molar-refractivity contribution in [3.05, 3.63) is 77.4 Å². The van der Waals surface area contributed by atoms with E-state index in [1.54, 1.807) is 24.3 Å². The molecule has 0 aromatic heterocycles. The maximum atomic E-state index is 12.6. The number of alkyl halides is 1. The van der Waals surface area contributed by atoms with Crippen LogP contribution in [-0.2, 0) is 9.59 Å². The quantitative estimate of drug-likeness (QED) is 0.379. The first-order valence-electron chi connectivity index (χ1n) is 7.60. The maximum Gasteiger partial charge on any atom is 0.295 e. The molecule has 24 heavy (non-hydrogen) atoms. The van der Waals surface area contributed by atoms with Gasteiger partial charge in [-0.3, -0.25) is 9.59 Å². The lowest BCUT2D eigenvalue weighted by molar-refractivity contribution is -0.139. The summed E-state index contributed by atoms with van der Waals surface area (Å²) in [5, 5.41) is 11.2. The van der Waals surface area contributed by atoms with Crippen LogP contribution in [0.2, 0.25) is 0 Å². The van der Waals surface area contributed by atoms with E-state index in [0.29, 0.717) is 17.4 Å². The van der Waals surface area contributed by atoms with Crippen molar-refractivity contribution in [2.45, 2.75) is 6.04 Å². The number of aliphatic hydroxyl groups is 1. The van der Waals surface area contributed by atoms with Crippen molar-refractivity contribution in [3.63, 3.8) is 0 Å². The van der Waals surface area contributed by atoms with Gasteiger partial charge in [0, 0.05) is 17.4 Å². The lowest BCUT2D eigenvalue weighted by Gasteiger charge is -2.24. The van der Waals surface area contributed by atoms with Gasteiger partial charge in [0.15, 0.2) is 0 Å². The molecule has 0 bridgehead atoms. The van der Waals surface area contributed by atoms with E-state index in [2.05, 4.69) is 15.9 Å². The fourth-order valence-electron chi connectivity index (χ4n) is 2.94. The average Bonchev–Trinajstić information content (AvgIpc) is 2.88. The first-order valence-corrected chi connectivity index (χ1v) is 8.72. The zero-order chi connectivity index (χ0) is 17.1. The molecule has 0 radical (unpaired) electrons. The number of ketones is 1. The summed E-state index contributed by atoms with van der Waals surface area (Å²) in [7, 11) is 0. The van der Waals surface area contributed by atoms with E-state index in [1.165, 1.54) is 4.90 Å². The molecular weight excluding hydrogens is 370 g/mol. The molecule has 1 N–H and O–H groups in total. The molecule has 1 atom stereocenters. The summed E-state index contributed by atoms with van der Waals surface area (Å²) in [6, 6.07) is 17.5. The van der Waals surface area contributed by atoms with Gasteiger partial charge in [0.2, 0.25) is 0 Å². The SMILES string of the molecule is O=C1C(=O)N(CCBr)[C@@H](c2ccccc2)C1=C(O)c1ccccc1. The number of benzene rings is 2. The Balaban J connectivity index is 2.18. The van der Waals surface area contributed by atoms with Crippen molar-refractivity contribution in [2.24, 2.45) is 0 Å². The van der Waals surface area contributed by atoms with E-state index in [4.69, 9.17) is 0 Å². The topological polar surface area (TPSA) is 57.6 Å². The molecule has 4 nitrogen and oxygen atoms in total. The van der Waals surface area contributed by atoms with E-state index >= 15 is 0 Å². The summed E-state index contributed by atoms with van der Waals surface area (Å²) >= 11 is 3.33. The van der Waals surface area contributed by atoms with Crippen LogP contribution in [0.25, 0.3) is 5.76 Å². The molecule has 1 fully saturated rings. The zero-order valence-corrected chi connectivity index (χ0v) is 14.4. The number of likely N-dealkylation sites (tertiary alicyclic amines) is 1. The summed E-state index contributed by atoms with van der Waals surface area (Å²) < 4.78 is 0. The van der Waals surface area contributed by atoms with Crippen molar-refractivity contribution < 1.29 is 14.7 Å². The molecule has 0 saturated carbocycles. The van der Waals surface area contributed by atoms with Crippen LogP contribution in [-0.4, -0.2) is 33.6 Å². The minimum absolute atomic E-state index is 0.137. The number of hydrogen-bond acceptors (Lipinski definition) is 3. The summed E-state index contributed by atoms with van der Waals surface area (Å²) in [4.78, 5) is 26.5. The van der Waals surface area contributed by atoms with Crippen LogP contribution in [0, 0.1) is 0 Å². The smallest absolute Gasteiger partial charge is 0.295 e. The summed E-state index contributed by atoms with van der Waals surface area (Å²) in [5.41, 5.74) is 1.46. The Labute approximate surface area is 148 Å². The highest BCUT2D eigenvalue weighted by Crippen LogP contribution is 2.39. The van der Waals surface area contributed by atoms with E-state index in [0.717, 1.165) is 5.56 Å². The van der Waals surface area contributed by atoms with Crippen LogP contribution in [0.3, 0.4) is 0 Å². The average molecular weight is 386 g/mol. The number of rotatable bonds is 4. The second-order valence-corrected chi connectivity index (χ2v) is 6.25. The summed E-state index contributed by atoms with van der Waals surface area (Å²) in [6.45, 7) is 0.385. The monoisotopic (exact) mass is 385 g/mol. The molecule has 3 rings (SSSR count). The molecule has 1 aliphatic rings. The Morgan fingerprint density at radius 2 is 1.58 bits per heavy atom. The first-order chi connectivity index (χ1) is 11.6. The Kier molecular flexibility index (Phi) is 4.81. The van der Waals surface area contributed by atoms with Crippen molar-refractivity contribution in [2.75, 3.05) is 11.9 Å². The number of carbonyl (C=O) groups is 2. The van der Waals surface area contributed by atoms with Crippen LogP contribution < -0.4 is 0 Å². The van der Waals surface area contributed by atoms with Gasteiger partial charge in [-0.15, -0.1) is 0 Å². The highest BCUT2D eigenvalue weighted by Gasteiger charge is 2.45. The molecular formula is C19H16BrNO3. The van der Waals surface area contributed by atoms with Crippen molar-refractivity contribution in [3.8, 4) is 0 Å². The fourth-order valence-corrected chi connectivity index (χ4v) is 3.32. The van der Waals surface area contributed by atoms with Gasteiger partial charge < -0.3 is 10.0 Å². The van der Waals surface area contributed by atoms with Gasteiger partial charge in [0.25, 0.3) is 11.7 Å². The second-order valence-electron chi connectivity index (χ2n) is 5.46. The standard InChI is InChI=1S/C19H16BrNO3/c20-11-12-21-16(13-7-3-1-4-8-13)15(18(23)19(21)24)17(22)14-9-5-2-6-10-14/h1-10,16,22H,11-12H2/t16-/m0/s1. The Hall–Kier alpha value is -2.40. The molecule has 1 heterocycles. The summed E-state index contributed by atoms with van der Waals surface area (Å²) in [5.74, 6) is -1.37. The third-order valence-electron chi connectivity index (χ3n) is 4.03. The zero-order valence-electron chi connectivity index (χ0n) is 12.9. The molecule has 1 aliphatic heterocycles. The van der Waals surface area contributed by atoms with E-state index in [1.807, 2.05) is 36.4 Å². The minimum atomic E-state index is -0.647. The Morgan fingerprint density at radius 3 is 2.17 bits per heavy atom. The molecule has 122 valence electrons. The second kappa shape index (κ2) is 7.01. The lowest BCUT2D eigenvalue weighted by atomic mass is 9.95. The highest BCUT2D eigenvalue weighted by atomic mass is 79.9. The molecule has 0 spiro atoms. The third kappa shape index (κ3) is 2.87. The largest absolute Gasteiger partial charge is 0.507 e. The maximum absolute atomic E-state index is 12.6. The number of amides is 1. The van der Waals surface area contributed by atoms with Crippen LogP contribution in [0.5, 0.6) is 0 Å². The molecule has 0 aliphatic carbocycles. The third-order valence-corrected chi connectivity index (χ3v) is 4.38. The van der Waals surface area contributed by atoms with Gasteiger partial charge in [0.1, 0.15) is 5.76 Å². The van der Waals surface area contributed by atoms with E-state index in [-0.39, 0.29) is 11.3 Å². The number of aliphatic hydroxyl groups excluding tert-OH is 1. The molecule has 1 saturated heterocycles. The van der Waals surface area contributed by atoms with Crippen LogP contribution in [0.15, 0.2) is 66.2 Å².